The van der Waals surface area contributed by atoms with Crippen LogP contribution < -0.4 is 5.32 Å². The molecule has 1 unspecified atom stereocenters. The lowest BCUT2D eigenvalue weighted by molar-refractivity contribution is -0.129. The van der Waals surface area contributed by atoms with Gasteiger partial charge in [-0.05, 0) is 20.0 Å². The molecule has 1 N–H and O–H groups in total. The second kappa shape index (κ2) is 6.11. The van der Waals surface area contributed by atoms with Crippen LogP contribution in [0.2, 0.25) is 0 Å². The molecule has 90 valence electrons. The third kappa shape index (κ3) is 5.78. The number of likely N-dealkylation sites (N-methyl/N-ethyl adjacent to an activating group) is 1. The molecule has 0 aromatic rings. The highest BCUT2D eigenvalue weighted by Crippen LogP contribution is 2.12. The van der Waals surface area contributed by atoms with Crippen LogP contribution in [0.4, 0.5) is 0 Å². The molecule has 0 bridgehead atoms. The molecule has 0 aliphatic carbocycles. The topological polar surface area (TPSA) is 32.3 Å². The maximum atomic E-state index is 11.7. The van der Waals surface area contributed by atoms with E-state index in [4.69, 9.17) is 0 Å². The lowest BCUT2D eigenvalue weighted by Crippen LogP contribution is -2.45. The zero-order chi connectivity index (χ0) is 12.1. The Hall–Kier alpha value is -0.570. The highest BCUT2D eigenvalue weighted by Gasteiger charge is 2.22. The van der Waals surface area contributed by atoms with Gasteiger partial charge in [-0.2, -0.15) is 0 Å². The van der Waals surface area contributed by atoms with E-state index in [9.17, 15) is 4.79 Å². The van der Waals surface area contributed by atoms with E-state index in [-0.39, 0.29) is 17.4 Å². The van der Waals surface area contributed by atoms with Crippen molar-refractivity contribution in [2.75, 3.05) is 19.6 Å². The Morgan fingerprint density at radius 1 is 1.27 bits per heavy atom. The molecule has 0 fully saturated rings. The van der Waals surface area contributed by atoms with Gasteiger partial charge < -0.3 is 10.2 Å². The maximum Gasteiger partial charge on any atom is 0.225 e. The van der Waals surface area contributed by atoms with Gasteiger partial charge in [0.2, 0.25) is 5.91 Å². The Labute approximate surface area is 94.2 Å². The van der Waals surface area contributed by atoms with Crippen molar-refractivity contribution in [3.63, 3.8) is 0 Å². The minimum Gasteiger partial charge on any atom is -0.352 e. The summed E-state index contributed by atoms with van der Waals surface area (Å²) in [7, 11) is 0. The van der Waals surface area contributed by atoms with Gasteiger partial charge in [0.05, 0.1) is 0 Å². The summed E-state index contributed by atoms with van der Waals surface area (Å²) in [5.41, 5.74) is -0.294. The highest BCUT2D eigenvalue weighted by atomic mass is 16.2. The SMILES string of the molecule is CCN(CC)CC(C)NC(=O)C(C)(C)C. The second-order valence-corrected chi connectivity index (χ2v) is 5.11. The van der Waals surface area contributed by atoms with Gasteiger partial charge in [0.1, 0.15) is 0 Å². The molecule has 1 atom stereocenters. The van der Waals surface area contributed by atoms with Gasteiger partial charge in [-0.1, -0.05) is 34.6 Å². The van der Waals surface area contributed by atoms with Gasteiger partial charge in [-0.15, -0.1) is 0 Å². The number of hydrogen-bond donors (Lipinski definition) is 1. The molecule has 1 amide bonds. The van der Waals surface area contributed by atoms with Gasteiger partial charge in [-0.3, -0.25) is 4.79 Å². The number of carbonyl (C=O) groups is 1. The maximum absolute atomic E-state index is 11.7. The van der Waals surface area contributed by atoms with Crippen molar-refractivity contribution < 1.29 is 4.79 Å². The molecule has 0 heterocycles. The van der Waals surface area contributed by atoms with Crippen molar-refractivity contribution >= 4 is 5.91 Å². The lowest BCUT2D eigenvalue weighted by Gasteiger charge is -2.26. The molecule has 0 aliphatic heterocycles. The van der Waals surface area contributed by atoms with E-state index >= 15 is 0 Å². The van der Waals surface area contributed by atoms with Crippen molar-refractivity contribution in [3.8, 4) is 0 Å². The Kier molecular flexibility index (Phi) is 5.88. The van der Waals surface area contributed by atoms with E-state index in [1.165, 1.54) is 0 Å². The van der Waals surface area contributed by atoms with Crippen LogP contribution in [0.1, 0.15) is 41.5 Å². The fraction of sp³-hybridized carbons (Fsp3) is 0.917. The smallest absolute Gasteiger partial charge is 0.225 e. The second-order valence-electron chi connectivity index (χ2n) is 5.11. The first-order chi connectivity index (χ1) is 6.81. The summed E-state index contributed by atoms with van der Waals surface area (Å²) < 4.78 is 0. The van der Waals surface area contributed by atoms with Crippen molar-refractivity contribution in [3.05, 3.63) is 0 Å². The minimum atomic E-state index is -0.294. The summed E-state index contributed by atoms with van der Waals surface area (Å²) in [5.74, 6) is 0.127. The third-order valence-corrected chi connectivity index (χ3v) is 2.49. The Morgan fingerprint density at radius 3 is 2.07 bits per heavy atom. The molecule has 0 spiro atoms. The summed E-state index contributed by atoms with van der Waals surface area (Å²) in [5, 5.41) is 3.04. The fourth-order valence-corrected chi connectivity index (χ4v) is 1.36. The molecule has 0 aromatic carbocycles. The quantitative estimate of drug-likeness (QED) is 0.758. The molecule has 0 radical (unpaired) electrons. The van der Waals surface area contributed by atoms with Crippen LogP contribution in [-0.4, -0.2) is 36.5 Å². The average molecular weight is 214 g/mol. The van der Waals surface area contributed by atoms with E-state index < -0.39 is 0 Å². The largest absolute Gasteiger partial charge is 0.352 e. The summed E-state index contributed by atoms with van der Waals surface area (Å²) in [6.07, 6.45) is 0. The molecule has 15 heavy (non-hydrogen) atoms. The number of nitrogens with zero attached hydrogens (tertiary/aromatic N) is 1. The summed E-state index contributed by atoms with van der Waals surface area (Å²) in [4.78, 5) is 14.0. The predicted molar refractivity (Wildman–Crippen MR) is 64.8 cm³/mol. The van der Waals surface area contributed by atoms with Crippen molar-refractivity contribution in [2.24, 2.45) is 5.41 Å². The third-order valence-electron chi connectivity index (χ3n) is 2.49. The van der Waals surface area contributed by atoms with Crippen molar-refractivity contribution in [1.29, 1.82) is 0 Å². The number of rotatable bonds is 5. The molecule has 0 aliphatic rings. The Balaban J connectivity index is 4.03. The predicted octanol–water partition coefficient (Wildman–Crippen LogP) is 1.88. The van der Waals surface area contributed by atoms with E-state index in [0.717, 1.165) is 19.6 Å². The monoisotopic (exact) mass is 214 g/mol. The van der Waals surface area contributed by atoms with Crippen LogP contribution in [0.5, 0.6) is 0 Å². The van der Waals surface area contributed by atoms with Gasteiger partial charge >= 0.3 is 0 Å². The summed E-state index contributed by atoms with van der Waals surface area (Å²) >= 11 is 0. The first kappa shape index (κ1) is 14.4. The molecular formula is C12H26N2O. The van der Waals surface area contributed by atoms with E-state index in [1.807, 2.05) is 20.8 Å². The molecule has 3 nitrogen and oxygen atoms in total. The number of carbonyl (C=O) groups excluding carboxylic acids is 1. The zero-order valence-electron chi connectivity index (χ0n) is 11.1. The first-order valence-electron chi connectivity index (χ1n) is 5.84. The minimum absolute atomic E-state index is 0.127. The molecule has 0 rings (SSSR count). The Bertz CT molecular complexity index is 192. The number of nitrogens with one attached hydrogen (secondary N) is 1. The van der Waals surface area contributed by atoms with Crippen molar-refractivity contribution in [1.82, 2.24) is 10.2 Å². The fourth-order valence-electron chi connectivity index (χ4n) is 1.36. The number of hydrogen-bond acceptors (Lipinski definition) is 2. The van der Waals surface area contributed by atoms with Gasteiger partial charge in [0, 0.05) is 18.0 Å². The molecule has 0 saturated carbocycles. The van der Waals surface area contributed by atoms with Crippen LogP contribution in [0.15, 0.2) is 0 Å². The van der Waals surface area contributed by atoms with Crippen LogP contribution in [-0.2, 0) is 4.79 Å². The highest BCUT2D eigenvalue weighted by molar-refractivity contribution is 5.81. The van der Waals surface area contributed by atoms with Crippen LogP contribution in [0.3, 0.4) is 0 Å². The van der Waals surface area contributed by atoms with Crippen LogP contribution in [0, 0.1) is 5.41 Å². The molecule has 3 heteroatoms. The van der Waals surface area contributed by atoms with Gasteiger partial charge in [0.25, 0.3) is 0 Å². The van der Waals surface area contributed by atoms with E-state index in [1.54, 1.807) is 0 Å². The molecular weight excluding hydrogens is 188 g/mol. The van der Waals surface area contributed by atoms with Crippen LogP contribution in [0.25, 0.3) is 0 Å². The van der Waals surface area contributed by atoms with E-state index in [2.05, 4.69) is 31.0 Å². The van der Waals surface area contributed by atoms with Crippen LogP contribution >= 0.6 is 0 Å². The number of amides is 1. The Morgan fingerprint density at radius 2 is 1.73 bits per heavy atom. The zero-order valence-corrected chi connectivity index (χ0v) is 11.1. The lowest BCUT2D eigenvalue weighted by atomic mass is 9.95. The first-order valence-corrected chi connectivity index (χ1v) is 5.84. The summed E-state index contributed by atoms with van der Waals surface area (Å²) in [6.45, 7) is 15.1. The van der Waals surface area contributed by atoms with Gasteiger partial charge in [0.15, 0.2) is 0 Å². The van der Waals surface area contributed by atoms with Gasteiger partial charge in [-0.25, -0.2) is 0 Å². The molecule has 0 saturated heterocycles. The standard InChI is InChI=1S/C12H26N2O/c1-7-14(8-2)9-10(3)13-11(15)12(4,5)6/h10H,7-9H2,1-6H3,(H,13,15). The van der Waals surface area contributed by atoms with E-state index in [0.29, 0.717) is 0 Å². The molecule has 0 aromatic heterocycles. The summed E-state index contributed by atoms with van der Waals surface area (Å²) in [6, 6.07) is 0.219. The normalized spacial score (nSPS) is 14.1. The van der Waals surface area contributed by atoms with Crippen molar-refractivity contribution in [2.45, 2.75) is 47.6 Å². The average Bonchev–Trinajstić information content (AvgIpc) is 2.12.